The topological polar surface area (TPSA) is 94.9 Å². The van der Waals surface area contributed by atoms with Gasteiger partial charge < -0.3 is 10.2 Å². The van der Waals surface area contributed by atoms with E-state index in [1.54, 1.807) is 0 Å². The molecule has 0 atom stereocenters. The highest BCUT2D eigenvalue weighted by Gasteiger charge is 2.42. The summed E-state index contributed by atoms with van der Waals surface area (Å²) in [7, 11) is 0. The summed E-state index contributed by atoms with van der Waals surface area (Å²) in [6, 6.07) is 3.23. The maximum atomic E-state index is 12.7. The molecule has 10 heteroatoms. The molecule has 1 aliphatic rings. The number of carboxylic acid groups (broad SMARTS) is 1. The van der Waals surface area contributed by atoms with Gasteiger partial charge in [0, 0.05) is 0 Å². The second-order valence-corrected chi connectivity index (χ2v) is 6.47. The highest BCUT2D eigenvalue weighted by Crippen LogP contribution is 2.45. The number of amides is 2. The number of aromatic carboxylic acids is 1. The zero-order valence-electron chi connectivity index (χ0n) is 11.8. The lowest BCUT2D eigenvalue weighted by Crippen LogP contribution is -2.29. The lowest BCUT2D eigenvalue weighted by molar-refractivity contribution is 0.0692. The molecule has 0 bridgehead atoms. The van der Waals surface area contributed by atoms with Crippen LogP contribution in [0.3, 0.4) is 0 Å². The van der Waals surface area contributed by atoms with Gasteiger partial charge in [0.25, 0.3) is 11.8 Å². The smallest absolute Gasteiger partial charge is 0.339 e. The fourth-order valence-electron chi connectivity index (χ4n) is 2.42. The Morgan fingerprint density at radius 3 is 1.80 bits per heavy atom. The number of aromatic hydroxyl groups is 1. The molecular formula is C15H5Cl4NO5. The van der Waals surface area contributed by atoms with Gasteiger partial charge in [0.1, 0.15) is 11.3 Å². The third-order valence-corrected chi connectivity index (χ3v) is 5.37. The fraction of sp³-hybridized carbons (Fsp3) is 0. The van der Waals surface area contributed by atoms with Crippen LogP contribution in [0.2, 0.25) is 20.1 Å². The molecule has 0 fully saturated rings. The number of hydrogen-bond acceptors (Lipinski definition) is 4. The van der Waals surface area contributed by atoms with E-state index in [0.717, 1.165) is 12.1 Å². The molecule has 0 spiro atoms. The molecule has 128 valence electrons. The maximum Gasteiger partial charge on any atom is 0.339 e. The molecule has 1 aliphatic heterocycles. The first kappa shape index (κ1) is 17.8. The number of benzene rings is 2. The van der Waals surface area contributed by atoms with E-state index >= 15 is 0 Å². The summed E-state index contributed by atoms with van der Waals surface area (Å²) < 4.78 is 0. The Morgan fingerprint density at radius 2 is 1.36 bits per heavy atom. The van der Waals surface area contributed by atoms with Crippen LogP contribution in [0.4, 0.5) is 5.69 Å². The Kier molecular flexibility index (Phi) is 4.33. The normalized spacial score (nSPS) is 13.4. The number of rotatable bonds is 2. The van der Waals surface area contributed by atoms with Gasteiger partial charge in [-0.05, 0) is 18.2 Å². The van der Waals surface area contributed by atoms with E-state index < -0.39 is 29.1 Å². The monoisotopic (exact) mass is 419 g/mol. The molecule has 2 N–H and O–H groups in total. The molecule has 2 aromatic carbocycles. The van der Waals surface area contributed by atoms with Crippen LogP contribution in [0.5, 0.6) is 5.75 Å². The zero-order chi connectivity index (χ0) is 18.6. The Labute approximate surface area is 160 Å². The first-order valence-electron chi connectivity index (χ1n) is 6.47. The number of anilines is 1. The van der Waals surface area contributed by atoms with E-state index in [-0.39, 0.29) is 36.9 Å². The largest absolute Gasteiger partial charge is 0.507 e. The summed E-state index contributed by atoms with van der Waals surface area (Å²) in [6.07, 6.45) is 0. The van der Waals surface area contributed by atoms with Crippen molar-refractivity contribution in [3.8, 4) is 5.75 Å². The molecule has 3 rings (SSSR count). The van der Waals surface area contributed by atoms with E-state index in [9.17, 15) is 19.5 Å². The summed E-state index contributed by atoms with van der Waals surface area (Å²) in [6.45, 7) is 0. The van der Waals surface area contributed by atoms with Gasteiger partial charge in [-0.1, -0.05) is 46.4 Å². The second kappa shape index (κ2) is 6.07. The minimum Gasteiger partial charge on any atom is -0.507 e. The van der Waals surface area contributed by atoms with E-state index in [4.69, 9.17) is 51.5 Å². The molecule has 2 aromatic rings. The Hall–Kier alpha value is -1.99. The number of imide groups is 1. The molecular weight excluding hydrogens is 416 g/mol. The summed E-state index contributed by atoms with van der Waals surface area (Å²) in [5.74, 6) is -3.63. The first-order chi connectivity index (χ1) is 11.7. The van der Waals surface area contributed by atoms with E-state index in [2.05, 4.69) is 0 Å². The standard InChI is InChI=1S/C15H5Cl4NO5/c16-9-7-8(10(17)12(19)11(9)18)14(23)20(13(7)22)4-1-2-6(21)5(3-4)15(24)25/h1-3,21H,(H,24,25). The molecule has 0 unspecified atom stereocenters. The van der Waals surface area contributed by atoms with Crippen LogP contribution >= 0.6 is 46.4 Å². The number of nitrogens with zero attached hydrogens (tertiary/aromatic N) is 1. The van der Waals surface area contributed by atoms with Crippen LogP contribution < -0.4 is 4.90 Å². The van der Waals surface area contributed by atoms with Crippen molar-refractivity contribution < 1.29 is 24.6 Å². The van der Waals surface area contributed by atoms with Gasteiger partial charge in [0.2, 0.25) is 0 Å². The Bertz CT molecular complexity index is 942. The lowest BCUT2D eigenvalue weighted by atomic mass is 10.1. The highest BCUT2D eigenvalue weighted by atomic mass is 35.5. The molecule has 0 radical (unpaired) electrons. The maximum absolute atomic E-state index is 12.7. The molecule has 0 aliphatic carbocycles. The predicted molar refractivity (Wildman–Crippen MR) is 92.7 cm³/mol. The van der Waals surface area contributed by atoms with Gasteiger partial charge in [-0.15, -0.1) is 0 Å². The molecule has 0 saturated heterocycles. The minimum atomic E-state index is -1.43. The minimum absolute atomic E-state index is 0.0826. The molecule has 0 saturated carbocycles. The van der Waals surface area contributed by atoms with Crippen molar-refractivity contribution in [2.45, 2.75) is 0 Å². The van der Waals surface area contributed by atoms with Crippen LogP contribution in [0.15, 0.2) is 18.2 Å². The summed E-state index contributed by atoms with van der Waals surface area (Å²) in [4.78, 5) is 37.1. The number of hydrogen-bond donors (Lipinski definition) is 2. The Balaban J connectivity index is 2.23. The van der Waals surface area contributed by atoms with Crippen LogP contribution in [0, 0.1) is 0 Å². The Morgan fingerprint density at radius 1 is 0.880 bits per heavy atom. The van der Waals surface area contributed by atoms with Crippen LogP contribution in [-0.4, -0.2) is 28.0 Å². The first-order valence-corrected chi connectivity index (χ1v) is 7.99. The van der Waals surface area contributed by atoms with Crippen LogP contribution in [-0.2, 0) is 0 Å². The number of carbonyl (C=O) groups is 3. The summed E-state index contributed by atoms with van der Waals surface area (Å²) in [5, 5.41) is 17.8. The van der Waals surface area contributed by atoms with Gasteiger partial charge in [0.05, 0.1) is 36.9 Å². The third-order valence-electron chi connectivity index (χ3n) is 3.57. The van der Waals surface area contributed by atoms with E-state index in [0.29, 0.717) is 4.90 Å². The van der Waals surface area contributed by atoms with Gasteiger partial charge in [-0.2, -0.15) is 0 Å². The molecule has 1 heterocycles. The number of carboxylic acids is 1. The van der Waals surface area contributed by atoms with Crippen molar-refractivity contribution in [1.82, 2.24) is 0 Å². The van der Waals surface area contributed by atoms with Gasteiger partial charge in [0.15, 0.2) is 0 Å². The van der Waals surface area contributed by atoms with Crippen molar-refractivity contribution in [2.24, 2.45) is 0 Å². The number of fused-ring (bicyclic) bond motifs is 1. The van der Waals surface area contributed by atoms with Crippen LogP contribution in [0.1, 0.15) is 31.1 Å². The van der Waals surface area contributed by atoms with Crippen LogP contribution in [0.25, 0.3) is 0 Å². The van der Waals surface area contributed by atoms with Gasteiger partial charge >= 0.3 is 5.97 Å². The van der Waals surface area contributed by atoms with Crippen molar-refractivity contribution in [3.05, 3.63) is 55.0 Å². The van der Waals surface area contributed by atoms with Crippen molar-refractivity contribution in [3.63, 3.8) is 0 Å². The summed E-state index contributed by atoms with van der Waals surface area (Å²) in [5.41, 5.74) is -1.02. The highest BCUT2D eigenvalue weighted by molar-refractivity contribution is 6.56. The van der Waals surface area contributed by atoms with Gasteiger partial charge in [-0.3, -0.25) is 9.59 Å². The fourth-order valence-corrected chi connectivity index (χ4v) is 3.43. The second-order valence-electron chi connectivity index (χ2n) is 4.96. The summed E-state index contributed by atoms with van der Waals surface area (Å²) >= 11 is 23.9. The number of phenols is 1. The van der Waals surface area contributed by atoms with Gasteiger partial charge in [-0.25, -0.2) is 9.69 Å². The van der Waals surface area contributed by atoms with E-state index in [1.165, 1.54) is 6.07 Å². The molecule has 2 amide bonds. The van der Waals surface area contributed by atoms with E-state index in [1.807, 2.05) is 0 Å². The quantitative estimate of drug-likeness (QED) is 0.423. The number of halogens is 4. The molecule has 6 nitrogen and oxygen atoms in total. The van der Waals surface area contributed by atoms with Crippen molar-refractivity contribution in [2.75, 3.05) is 4.90 Å². The SMILES string of the molecule is O=C(O)c1cc(N2C(=O)c3c(Cl)c(Cl)c(Cl)c(Cl)c3C2=O)ccc1O. The van der Waals surface area contributed by atoms with Crippen molar-refractivity contribution >= 4 is 69.9 Å². The molecule has 25 heavy (non-hydrogen) atoms. The average Bonchev–Trinajstić information content (AvgIpc) is 2.82. The molecule has 0 aromatic heterocycles. The zero-order valence-corrected chi connectivity index (χ0v) is 14.8. The lowest BCUT2D eigenvalue weighted by Gasteiger charge is -2.15. The van der Waals surface area contributed by atoms with Crippen molar-refractivity contribution in [1.29, 1.82) is 0 Å². The number of carbonyl (C=O) groups excluding carboxylic acids is 2. The third kappa shape index (κ3) is 2.53. The average molecular weight is 421 g/mol. The predicted octanol–water partition coefficient (Wildman–Crippen LogP) is 4.50.